The number of benzene rings is 2. The normalized spacial score (nSPS) is 14.7. The summed E-state index contributed by atoms with van der Waals surface area (Å²) in [6, 6.07) is 13.9. The molecular weight excluding hydrogens is 292 g/mol. The second-order valence-electron chi connectivity index (χ2n) is 5.58. The fraction of sp³-hybridized carbons (Fsp3) is 0.333. The third kappa shape index (κ3) is 3.87. The van der Waals surface area contributed by atoms with Crippen molar-refractivity contribution in [3.8, 4) is 0 Å². The first-order valence-corrected chi connectivity index (χ1v) is 7.83. The minimum absolute atomic E-state index is 0.0452. The van der Waals surface area contributed by atoms with E-state index < -0.39 is 0 Å². The molecule has 120 valence electrons. The molecule has 0 unspecified atom stereocenters. The van der Waals surface area contributed by atoms with E-state index in [4.69, 9.17) is 4.74 Å². The van der Waals surface area contributed by atoms with E-state index in [9.17, 15) is 9.59 Å². The van der Waals surface area contributed by atoms with Crippen molar-refractivity contribution < 1.29 is 14.3 Å². The average molecular weight is 312 g/mol. The molecule has 2 aromatic carbocycles. The Morgan fingerprint density at radius 1 is 1.04 bits per heavy atom. The molecule has 0 atom stereocenters. The van der Waals surface area contributed by atoms with E-state index in [1.807, 2.05) is 42.5 Å². The molecule has 23 heavy (non-hydrogen) atoms. The van der Waals surface area contributed by atoms with Gasteiger partial charge in [0.1, 0.15) is 0 Å². The number of amides is 2. The molecule has 1 fully saturated rings. The molecule has 1 N–H and O–H groups in total. The minimum Gasteiger partial charge on any atom is -0.378 e. The number of nitrogens with zero attached hydrogens (tertiary/aromatic N) is 1. The van der Waals surface area contributed by atoms with Gasteiger partial charge in [-0.05, 0) is 16.3 Å². The topological polar surface area (TPSA) is 58.6 Å². The van der Waals surface area contributed by atoms with Gasteiger partial charge in [-0.1, -0.05) is 42.5 Å². The van der Waals surface area contributed by atoms with E-state index in [1.165, 1.54) is 0 Å². The van der Waals surface area contributed by atoms with Crippen molar-refractivity contribution in [2.24, 2.45) is 0 Å². The fourth-order valence-corrected chi connectivity index (χ4v) is 2.78. The van der Waals surface area contributed by atoms with Crippen molar-refractivity contribution in [1.29, 1.82) is 0 Å². The number of fused-ring (bicyclic) bond motifs is 1. The van der Waals surface area contributed by atoms with Crippen LogP contribution in [-0.2, 0) is 20.7 Å². The van der Waals surface area contributed by atoms with Crippen molar-refractivity contribution in [3.05, 3.63) is 48.0 Å². The van der Waals surface area contributed by atoms with E-state index in [1.54, 1.807) is 4.90 Å². The first-order valence-electron chi connectivity index (χ1n) is 7.83. The van der Waals surface area contributed by atoms with Crippen LogP contribution >= 0.6 is 0 Å². The Morgan fingerprint density at radius 2 is 1.78 bits per heavy atom. The molecule has 0 aromatic heterocycles. The van der Waals surface area contributed by atoms with Crippen LogP contribution in [0, 0.1) is 0 Å². The summed E-state index contributed by atoms with van der Waals surface area (Å²) in [5, 5.41) is 4.91. The highest BCUT2D eigenvalue weighted by Gasteiger charge is 2.17. The van der Waals surface area contributed by atoms with Crippen LogP contribution in [0.2, 0.25) is 0 Å². The lowest BCUT2D eigenvalue weighted by Gasteiger charge is -2.26. The zero-order valence-corrected chi connectivity index (χ0v) is 13.0. The molecule has 0 bridgehead atoms. The summed E-state index contributed by atoms with van der Waals surface area (Å²) in [6.45, 7) is 2.37. The van der Waals surface area contributed by atoms with E-state index in [0.717, 1.165) is 16.3 Å². The number of hydrogen-bond acceptors (Lipinski definition) is 3. The molecule has 3 rings (SSSR count). The summed E-state index contributed by atoms with van der Waals surface area (Å²) in [6.07, 6.45) is 0.276. The van der Waals surface area contributed by atoms with Gasteiger partial charge in [-0.2, -0.15) is 0 Å². The van der Waals surface area contributed by atoms with Crippen LogP contribution in [0.1, 0.15) is 5.56 Å². The van der Waals surface area contributed by atoms with Gasteiger partial charge in [0.25, 0.3) is 0 Å². The predicted octanol–water partition coefficient (Wildman–Crippen LogP) is 1.36. The Kier molecular flexibility index (Phi) is 4.88. The van der Waals surface area contributed by atoms with Gasteiger partial charge < -0.3 is 15.0 Å². The summed E-state index contributed by atoms with van der Waals surface area (Å²) < 4.78 is 5.21. The van der Waals surface area contributed by atoms with E-state index in [2.05, 4.69) is 5.32 Å². The number of carbonyl (C=O) groups excluding carboxylic acids is 2. The standard InChI is InChI=1S/C18H20N2O3/c21-17(19-13-18(22)20-8-10-23-11-9-20)12-15-6-3-5-14-4-1-2-7-16(14)15/h1-7H,8-13H2,(H,19,21). The Morgan fingerprint density at radius 3 is 2.61 bits per heavy atom. The quantitative estimate of drug-likeness (QED) is 0.927. The van der Waals surface area contributed by atoms with Gasteiger partial charge in [-0.15, -0.1) is 0 Å². The summed E-state index contributed by atoms with van der Waals surface area (Å²) >= 11 is 0. The lowest BCUT2D eigenvalue weighted by atomic mass is 10.0. The molecule has 0 spiro atoms. The van der Waals surface area contributed by atoms with Crippen molar-refractivity contribution >= 4 is 22.6 Å². The van der Waals surface area contributed by atoms with Crippen LogP contribution in [0.3, 0.4) is 0 Å². The van der Waals surface area contributed by atoms with Crippen LogP contribution in [0.5, 0.6) is 0 Å². The second-order valence-corrected chi connectivity index (χ2v) is 5.58. The third-order valence-electron chi connectivity index (χ3n) is 4.03. The van der Waals surface area contributed by atoms with Crippen LogP contribution < -0.4 is 5.32 Å². The molecule has 2 aromatic rings. The Hall–Kier alpha value is -2.40. The number of hydrogen-bond donors (Lipinski definition) is 1. The predicted molar refractivity (Wildman–Crippen MR) is 88.1 cm³/mol. The summed E-state index contributed by atoms with van der Waals surface area (Å²) in [5.74, 6) is -0.192. The molecule has 0 saturated carbocycles. The van der Waals surface area contributed by atoms with Gasteiger partial charge in [-0.3, -0.25) is 9.59 Å². The molecule has 1 heterocycles. The number of nitrogens with one attached hydrogen (secondary N) is 1. The van der Waals surface area contributed by atoms with Crippen molar-refractivity contribution in [1.82, 2.24) is 10.2 Å². The van der Waals surface area contributed by atoms with Gasteiger partial charge >= 0.3 is 0 Å². The fourth-order valence-electron chi connectivity index (χ4n) is 2.78. The number of carbonyl (C=O) groups is 2. The Labute approximate surface area is 135 Å². The van der Waals surface area contributed by atoms with Gasteiger partial charge in [0.05, 0.1) is 26.2 Å². The van der Waals surface area contributed by atoms with E-state index >= 15 is 0 Å². The van der Waals surface area contributed by atoms with Crippen molar-refractivity contribution in [3.63, 3.8) is 0 Å². The maximum atomic E-state index is 12.1. The zero-order valence-electron chi connectivity index (χ0n) is 13.0. The first-order chi connectivity index (χ1) is 11.2. The molecule has 2 amide bonds. The summed E-state index contributed by atoms with van der Waals surface area (Å²) in [4.78, 5) is 25.9. The summed E-state index contributed by atoms with van der Waals surface area (Å²) in [7, 11) is 0. The Bertz CT molecular complexity index is 703. The van der Waals surface area contributed by atoms with Crippen molar-refractivity contribution in [2.75, 3.05) is 32.8 Å². The number of ether oxygens (including phenoxy) is 1. The highest BCUT2D eigenvalue weighted by Crippen LogP contribution is 2.18. The van der Waals surface area contributed by atoms with Gasteiger partial charge in [0.15, 0.2) is 0 Å². The lowest BCUT2D eigenvalue weighted by Crippen LogP contribution is -2.45. The van der Waals surface area contributed by atoms with Crippen LogP contribution in [-0.4, -0.2) is 49.6 Å². The van der Waals surface area contributed by atoms with E-state index in [-0.39, 0.29) is 24.8 Å². The van der Waals surface area contributed by atoms with E-state index in [0.29, 0.717) is 26.3 Å². The molecule has 5 heteroatoms. The maximum absolute atomic E-state index is 12.1. The molecular formula is C18H20N2O3. The van der Waals surface area contributed by atoms with Crippen LogP contribution in [0.4, 0.5) is 0 Å². The summed E-state index contributed by atoms with van der Waals surface area (Å²) in [5.41, 5.74) is 0.972. The minimum atomic E-state index is -0.136. The maximum Gasteiger partial charge on any atom is 0.242 e. The highest BCUT2D eigenvalue weighted by molar-refractivity contribution is 5.91. The Balaban J connectivity index is 1.57. The first kappa shape index (κ1) is 15.5. The largest absolute Gasteiger partial charge is 0.378 e. The highest BCUT2D eigenvalue weighted by atomic mass is 16.5. The zero-order chi connectivity index (χ0) is 16.1. The molecule has 0 radical (unpaired) electrons. The molecule has 1 aliphatic rings. The van der Waals surface area contributed by atoms with Gasteiger partial charge in [-0.25, -0.2) is 0 Å². The lowest BCUT2D eigenvalue weighted by molar-refractivity contribution is -0.136. The van der Waals surface area contributed by atoms with Gasteiger partial charge in [0.2, 0.25) is 11.8 Å². The molecule has 0 aliphatic carbocycles. The van der Waals surface area contributed by atoms with Crippen LogP contribution in [0.15, 0.2) is 42.5 Å². The molecule has 1 saturated heterocycles. The molecule has 1 aliphatic heterocycles. The second kappa shape index (κ2) is 7.24. The number of morpholine rings is 1. The average Bonchev–Trinajstić information content (AvgIpc) is 2.61. The monoisotopic (exact) mass is 312 g/mol. The smallest absolute Gasteiger partial charge is 0.242 e. The van der Waals surface area contributed by atoms with Crippen LogP contribution in [0.25, 0.3) is 10.8 Å². The van der Waals surface area contributed by atoms with Crippen molar-refractivity contribution in [2.45, 2.75) is 6.42 Å². The SMILES string of the molecule is O=C(Cc1cccc2ccccc12)NCC(=O)N1CCOCC1. The third-order valence-corrected chi connectivity index (χ3v) is 4.03. The molecule has 5 nitrogen and oxygen atoms in total. The number of rotatable bonds is 4. The van der Waals surface area contributed by atoms with Gasteiger partial charge in [0, 0.05) is 13.1 Å².